The van der Waals surface area contributed by atoms with Crippen LogP contribution in [0.25, 0.3) is 11.2 Å². The van der Waals surface area contributed by atoms with Crippen LogP contribution in [-0.4, -0.2) is 31.6 Å². The standard InChI is InChI=1S/C8H11N5O/c9-2-1-6(14)8-12-5-3-10-4-11-7(5)13-8/h3-4,6,14H,1-2,9H2,(H,10,11,12,13). The molecule has 0 spiro atoms. The Hall–Kier alpha value is -1.53. The van der Waals surface area contributed by atoms with Gasteiger partial charge in [0.25, 0.3) is 0 Å². The average molecular weight is 193 g/mol. The van der Waals surface area contributed by atoms with E-state index < -0.39 is 6.10 Å². The Labute approximate surface area is 80.2 Å². The van der Waals surface area contributed by atoms with Gasteiger partial charge in [-0.25, -0.2) is 15.0 Å². The Bertz CT molecular complexity index is 393. The molecule has 14 heavy (non-hydrogen) atoms. The topological polar surface area (TPSA) is 101 Å². The van der Waals surface area contributed by atoms with Crippen molar-refractivity contribution in [2.45, 2.75) is 12.5 Å². The zero-order valence-corrected chi connectivity index (χ0v) is 7.51. The Morgan fingerprint density at radius 2 is 2.43 bits per heavy atom. The first-order chi connectivity index (χ1) is 6.81. The second kappa shape index (κ2) is 3.69. The molecule has 0 aliphatic carbocycles. The molecule has 2 aromatic heterocycles. The minimum absolute atomic E-state index is 0.421. The first kappa shape index (κ1) is 9.04. The van der Waals surface area contributed by atoms with Gasteiger partial charge in [0.15, 0.2) is 5.65 Å². The van der Waals surface area contributed by atoms with Gasteiger partial charge in [0, 0.05) is 0 Å². The third kappa shape index (κ3) is 1.57. The summed E-state index contributed by atoms with van der Waals surface area (Å²) >= 11 is 0. The summed E-state index contributed by atoms with van der Waals surface area (Å²) in [5, 5.41) is 9.60. The molecule has 0 saturated heterocycles. The predicted octanol–water partition coefficient (Wildman–Crippen LogP) is -0.265. The summed E-state index contributed by atoms with van der Waals surface area (Å²) in [6, 6.07) is 0. The maximum Gasteiger partial charge on any atom is 0.180 e. The van der Waals surface area contributed by atoms with Gasteiger partial charge in [-0.15, -0.1) is 0 Å². The molecule has 4 N–H and O–H groups in total. The number of aromatic amines is 1. The molecular weight excluding hydrogens is 182 g/mol. The summed E-state index contributed by atoms with van der Waals surface area (Å²) in [5.74, 6) is 0.492. The van der Waals surface area contributed by atoms with E-state index in [1.54, 1.807) is 6.20 Å². The van der Waals surface area contributed by atoms with Crippen molar-refractivity contribution in [2.75, 3.05) is 6.54 Å². The fraction of sp³-hybridized carbons (Fsp3) is 0.375. The number of rotatable bonds is 3. The van der Waals surface area contributed by atoms with Gasteiger partial charge >= 0.3 is 0 Å². The van der Waals surface area contributed by atoms with Gasteiger partial charge in [-0.3, -0.25) is 0 Å². The second-order valence-corrected chi connectivity index (χ2v) is 2.98. The lowest BCUT2D eigenvalue weighted by Crippen LogP contribution is -2.07. The van der Waals surface area contributed by atoms with E-state index in [4.69, 9.17) is 5.73 Å². The third-order valence-corrected chi connectivity index (χ3v) is 1.94. The van der Waals surface area contributed by atoms with Crippen molar-refractivity contribution >= 4 is 11.2 Å². The first-order valence-electron chi connectivity index (χ1n) is 4.35. The number of aromatic nitrogens is 4. The van der Waals surface area contributed by atoms with E-state index in [-0.39, 0.29) is 0 Å². The number of aliphatic hydroxyl groups excluding tert-OH is 1. The maximum atomic E-state index is 9.60. The smallest absolute Gasteiger partial charge is 0.180 e. The minimum atomic E-state index is -0.658. The van der Waals surface area contributed by atoms with E-state index in [1.165, 1.54) is 6.33 Å². The molecule has 1 atom stereocenters. The van der Waals surface area contributed by atoms with Gasteiger partial charge in [0.05, 0.1) is 6.20 Å². The van der Waals surface area contributed by atoms with E-state index in [0.717, 1.165) is 5.52 Å². The summed E-state index contributed by atoms with van der Waals surface area (Å²) in [4.78, 5) is 14.8. The highest BCUT2D eigenvalue weighted by Crippen LogP contribution is 2.15. The molecule has 6 nitrogen and oxygen atoms in total. The van der Waals surface area contributed by atoms with Crippen LogP contribution in [-0.2, 0) is 0 Å². The number of hydrogen-bond acceptors (Lipinski definition) is 5. The number of nitrogens with two attached hydrogens (primary N) is 1. The molecular formula is C8H11N5O. The summed E-state index contributed by atoms with van der Waals surface area (Å²) in [7, 11) is 0. The number of nitrogens with one attached hydrogen (secondary N) is 1. The van der Waals surface area contributed by atoms with Crippen LogP contribution in [0, 0.1) is 0 Å². The Balaban J connectivity index is 2.35. The quantitative estimate of drug-likeness (QED) is 0.623. The van der Waals surface area contributed by atoms with E-state index in [2.05, 4.69) is 19.9 Å². The van der Waals surface area contributed by atoms with Crippen molar-refractivity contribution in [3.8, 4) is 0 Å². The molecule has 0 aliphatic heterocycles. The number of imidazole rings is 1. The van der Waals surface area contributed by atoms with Crippen LogP contribution in [0.4, 0.5) is 0 Å². The third-order valence-electron chi connectivity index (χ3n) is 1.94. The summed E-state index contributed by atoms with van der Waals surface area (Å²) < 4.78 is 0. The molecule has 74 valence electrons. The highest BCUT2D eigenvalue weighted by molar-refractivity contribution is 5.68. The lowest BCUT2D eigenvalue weighted by atomic mass is 10.2. The SMILES string of the molecule is NCCC(O)c1nc2ncncc2[nH]1. The van der Waals surface area contributed by atoms with Crippen LogP contribution in [0.2, 0.25) is 0 Å². The Kier molecular flexibility index (Phi) is 2.38. The summed E-state index contributed by atoms with van der Waals surface area (Å²) in [5.41, 5.74) is 6.61. The lowest BCUT2D eigenvalue weighted by molar-refractivity contribution is 0.162. The van der Waals surface area contributed by atoms with Crippen molar-refractivity contribution in [1.82, 2.24) is 19.9 Å². The van der Waals surface area contributed by atoms with Gasteiger partial charge in [-0.2, -0.15) is 0 Å². The van der Waals surface area contributed by atoms with Crippen molar-refractivity contribution in [1.29, 1.82) is 0 Å². The van der Waals surface area contributed by atoms with E-state index in [9.17, 15) is 5.11 Å². The summed E-state index contributed by atoms with van der Waals surface area (Å²) in [6.07, 6.45) is 2.86. The zero-order valence-electron chi connectivity index (χ0n) is 7.51. The average Bonchev–Trinajstić information content (AvgIpc) is 2.61. The molecule has 0 fully saturated rings. The second-order valence-electron chi connectivity index (χ2n) is 2.98. The van der Waals surface area contributed by atoms with Gasteiger partial charge in [0.1, 0.15) is 23.8 Å². The molecule has 2 aromatic rings. The van der Waals surface area contributed by atoms with Gasteiger partial charge < -0.3 is 15.8 Å². The lowest BCUT2D eigenvalue weighted by Gasteiger charge is -2.03. The van der Waals surface area contributed by atoms with Gasteiger partial charge in [-0.05, 0) is 13.0 Å². The summed E-state index contributed by atoms with van der Waals surface area (Å²) in [6.45, 7) is 0.421. The van der Waals surface area contributed by atoms with Crippen molar-refractivity contribution in [3.05, 3.63) is 18.3 Å². The van der Waals surface area contributed by atoms with E-state index in [1.807, 2.05) is 0 Å². The highest BCUT2D eigenvalue weighted by Gasteiger charge is 2.11. The molecule has 0 amide bonds. The van der Waals surface area contributed by atoms with Crippen LogP contribution in [0.5, 0.6) is 0 Å². The van der Waals surface area contributed by atoms with Crippen molar-refractivity contribution in [2.24, 2.45) is 5.73 Å². The molecule has 0 radical (unpaired) electrons. The molecule has 0 saturated carbocycles. The number of H-pyrrole nitrogens is 1. The fourth-order valence-corrected chi connectivity index (χ4v) is 1.23. The molecule has 0 aromatic carbocycles. The normalized spacial score (nSPS) is 13.3. The van der Waals surface area contributed by atoms with Crippen LogP contribution >= 0.6 is 0 Å². The zero-order chi connectivity index (χ0) is 9.97. The van der Waals surface area contributed by atoms with Crippen LogP contribution < -0.4 is 5.73 Å². The van der Waals surface area contributed by atoms with Crippen LogP contribution in [0.15, 0.2) is 12.5 Å². The molecule has 2 rings (SSSR count). The number of hydrogen-bond donors (Lipinski definition) is 3. The molecule has 1 unspecified atom stereocenters. The number of nitrogens with zero attached hydrogens (tertiary/aromatic N) is 3. The number of aliphatic hydroxyl groups is 1. The van der Waals surface area contributed by atoms with Crippen LogP contribution in [0.1, 0.15) is 18.3 Å². The van der Waals surface area contributed by atoms with Crippen LogP contribution in [0.3, 0.4) is 0 Å². The predicted molar refractivity (Wildman–Crippen MR) is 50.3 cm³/mol. The monoisotopic (exact) mass is 193 g/mol. The Morgan fingerprint density at radius 1 is 1.57 bits per heavy atom. The molecule has 0 aliphatic rings. The van der Waals surface area contributed by atoms with E-state index in [0.29, 0.717) is 24.4 Å². The molecule has 0 bridgehead atoms. The van der Waals surface area contributed by atoms with Gasteiger partial charge in [-0.1, -0.05) is 0 Å². The van der Waals surface area contributed by atoms with Gasteiger partial charge in [0.2, 0.25) is 0 Å². The fourth-order valence-electron chi connectivity index (χ4n) is 1.23. The Morgan fingerprint density at radius 3 is 3.14 bits per heavy atom. The first-order valence-corrected chi connectivity index (χ1v) is 4.35. The minimum Gasteiger partial charge on any atom is -0.385 e. The number of fused-ring (bicyclic) bond motifs is 1. The molecule has 2 heterocycles. The van der Waals surface area contributed by atoms with E-state index >= 15 is 0 Å². The largest absolute Gasteiger partial charge is 0.385 e. The molecule has 6 heteroatoms. The maximum absolute atomic E-state index is 9.60. The highest BCUT2D eigenvalue weighted by atomic mass is 16.3. The van der Waals surface area contributed by atoms with Crippen molar-refractivity contribution in [3.63, 3.8) is 0 Å². The van der Waals surface area contributed by atoms with Crippen molar-refractivity contribution < 1.29 is 5.11 Å².